The number of hydrogen-bond acceptors (Lipinski definition) is 4. The molecule has 0 saturated carbocycles. The number of aromatic nitrogens is 2. The van der Waals surface area contributed by atoms with E-state index in [-0.39, 0.29) is 0 Å². The highest BCUT2D eigenvalue weighted by molar-refractivity contribution is 5.79. The van der Waals surface area contributed by atoms with Crippen molar-refractivity contribution in [3.05, 3.63) is 54.1 Å². The van der Waals surface area contributed by atoms with Gasteiger partial charge in [0.15, 0.2) is 5.96 Å². The molecule has 1 aromatic heterocycles. The van der Waals surface area contributed by atoms with Gasteiger partial charge in [-0.3, -0.25) is 4.99 Å². The number of ether oxygens (including phenoxy) is 1. The second kappa shape index (κ2) is 11.8. The van der Waals surface area contributed by atoms with E-state index in [0.717, 1.165) is 37.7 Å². The molecule has 8 nitrogen and oxygen atoms in total. The van der Waals surface area contributed by atoms with Crippen LogP contribution in [0, 0.1) is 0 Å². The van der Waals surface area contributed by atoms with E-state index in [4.69, 9.17) is 4.74 Å². The van der Waals surface area contributed by atoms with Crippen molar-refractivity contribution in [2.45, 2.75) is 45.8 Å². The Bertz CT molecular complexity index is 795. The van der Waals surface area contributed by atoms with Crippen molar-refractivity contribution < 1.29 is 9.53 Å². The fourth-order valence-corrected chi connectivity index (χ4v) is 2.81. The number of alkyl carbamates (subject to hydrolysis) is 1. The first-order chi connectivity index (χ1) is 14.4. The van der Waals surface area contributed by atoms with Crippen LogP contribution < -0.4 is 16.0 Å². The number of nitrogens with one attached hydrogen (secondary N) is 3. The highest BCUT2D eigenvalue weighted by Crippen LogP contribution is 2.07. The Hall–Kier alpha value is -3.03. The van der Waals surface area contributed by atoms with Gasteiger partial charge in [0, 0.05) is 52.0 Å². The lowest BCUT2D eigenvalue weighted by atomic mass is 10.2. The fraction of sp³-hybridized carbons (Fsp3) is 0.500. The molecule has 0 atom stereocenters. The second-order valence-corrected chi connectivity index (χ2v) is 7.91. The van der Waals surface area contributed by atoms with Crippen LogP contribution in [-0.4, -0.2) is 53.9 Å². The van der Waals surface area contributed by atoms with Crippen molar-refractivity contribution in [3.63, 3.8) is 0 Å². The van der Waals surface area contributed by atoms with Gasteiger partial charge in [-0.05, 0) is 32.8 Å². The highest BCUT2D eigenvalue weighted by atomic mass is 16.6. The van der Waals surface area contributed by atoms with Crippen molar-refractivity contribution in [2.24, 2.45) is 4.99 Å². The van der Waals surface area contributed by atoms with Crippen LogP contribution in [-0.2, 0) is 17.7 Å². The molecule has 0 bridgehead atoms. The van der Waals surface area contributed by atoms with E-state index in [9.17, 15) is 4.79 Å². The van der Waals surface area contributed by atoms with Crippen LogP contribution in [0.5, 0.6) is 0 Å². The van der Waals surface area contributed by atoms with Gasteiger partial charge < -0.3 is 25.3 Å². The molecule has 0 fully saturated rings. The van der Waals surface area contributed by atoms with Crippen molar-refractivity contribution in [2.75, 3.05) is 26.7 Å². The Labute approximate surface area is 179 Å². The summed E-state index contributed by atoms with van der Waals surface area (Å²) < 4.78 is 7.37. The van der Waals surface area contributed by atoms with E-state index >= 15 is 0 Å². The predicted molar refractivity (Wildman–Crippen MR) is 120 cm³/mol. The molecule has 0 saturated heterocycles. The van der Waals surface area contributed by atoms with Gasteiger partial charge in [0.1, 0.15) is 11.4 Å². The summed E-state index contributed by atoms with van der Waals surface area (Å²) in [6.45, 7) is 8.30. The van der Waals surface area contributed by atoms with Crippen LogP contribution in [0.4, 0.5) is 4.79 Å². The highest BCUT2D eigenvalue weighted by Gasteiger charge is 2.15. The molecule has 2 rings (SSSR count). The molecular weight excluding hydrogens is 380 g/mol. The smallest absolute Gasteiger partial charge is 0.407 e. The number of benzene rings is 1. The molecule has 8 heteroatoms. The minimum absolute atomic E-state index is 0.393. The van der Waals surface area contributed by atoms with E-state index in [0.29, 0.717) is 13.1 Å². The monoisotopic (exact) mass is 414 g/mol. The van der Waals surface area contributed by atoms with E-state index in [2.05, 4.69) is 42.6 Å². The topological polar surface area (TPSA) is 92.6 Å². The normalized spacial score (nSPS) is 11.8. The zero-order chi connectivity index (χ0) is 21.8. The van der Waals surface area contributed by atoms with Gasteiger partial charge in [-0.15, -0.1) is 0 Å². The Balaban J connectivity index is 1.65. The summed E-state index contributed by atoms with van der Waals surface area (Å²) in [5.74, 6) is 1.76. The zero-order valence-electron chi connectivity index (χ0n) is 18.4. The average Bonchev–Trinajstić information content (AvgIpc) is 3.12. The quantitative estimate of drug-likeness (QED) is 0.333. The van der Waals surface area contributed by atoms with E-state index in [1.807, 2.05) is 51.4 Å². The van der Waals surface area contributed by atoms with Crippen molar-refractivity contribution >= 4 is 12.1 Å². The molecule has 30 heavy (non-hydrogen) atoms. The number of aliphatic imine (C=N–C) groups is 1. The number of imidazole rings is 1. The predicted octanol–water partition coefficient (Wildman–Crippen LogP) is 2.55. The number of nitrogens with zero attached hydrogens (tertiary/aromatic N) is 3. The summed E-state index contributed by atoms with van der Waals surface area (Å²) in [7, 11) is 1.74. The number of hydrogen-bond donors (Lipinski definition) is 3. The molecule has 2 aromatic rings. The van der Waals surface area contributed by atoms with Crippen LogP contribution in [0.3, 0.4) is 0 Å². The van der Waals surface area contributed by atoms with Gasteiger partial charge in [-0.2, -0.15) is 0 Å². The Morgan fingerprint density at radius 1 is 1.10 bits per heavy atom. The third-order valence-electron chi connectivity index (χ3n) is 4.18. The molecule has 1 amide bonds. The molecule has 0 unspecified atom stereocenters. The number of rotatable bonds is 9. The van der Waals surface area contributed by atoms with Gasteiger partial charge in [-0.1, -0.05) is 30.3 Å². The molecule has 1 heterocycles. The molecule has 3 N–H and O–H groups in total. The van der Waals surface area contributed by atoms with Crippen LogP contribution in [0.2, 0.25) is 0 Å². The lowest BCUT2D eigenvalue weighted by molar-refractivity contribution is 0.0527. The van der Waals surface area contributed by atoms with E-state index in [1.165, 1.54) is 5.56 Å². The van der Waals surface area contributed by atoms with Crippen molar-refractivity contribution in [1.82, 2.24) is 25.5 Å². The molecule has 1 aromatic carbocycles. The average molecular weight is 415 g/mol. The summed E-state index contributed by atoms with van der Waals surface area (Å²) in [5.41, 5.74) is 0.770. The lowest BCUT2D eigenvalue weighted by Gasteiger charge is -2.19. The molecular formula is C22H34N6O2. The summed E-state index contributed by atoms with van der Waals surface area (Å²) in [6, 6.07) is 10.4. The zero-order valence-corrected chi connectivity index (χ0v) is 18.4. The minimum atomic E-state index is -0.482. The largest absolute Gasteiger partial charge is 0.444 e. The fourth-order valence-electron chi connectivity index (χ4n) is 2.81. The van der Waals surface area contributed by atoms with Gasteiger partial charge in [0.2, 0.25) is 0 Å². The molecule has 164 valence electrons. The van der Waals surface area contributed by atoms with Crippen LogP contribution in [0.25, 0.3) is 0 Å². The molecule has 0 aliphatic carbocycles. The number of guanidine groups is 1. The van der Waals surface area contributed by atoms with E-state index < -0.39 is 11.7 Å². The first kappa shape index (κ1) is 23.3. The summed E-state index contributed by atoms with van der Waals surface area (Å²) in [4.78, 5) is 20.3. The van der Waals surface area contributed by atoms with Gasteiger partial charge in [-0.25, -0.2) is 9.78 Å². The number of carbonyl (C=O) groups is 1. The third kappa shape index (κ3) is 8.98. The SMILES string of the molecule is CN=C(NCCCNC(=O)OC(C)(C)C)NCCc1nccn1Cc1ccccc1. The summed E-state index contributed by atoms with van der Waals surface area (Å²) in [6.07, 6.45) is 5.01. The molecule has 0 radical (unpaired) electrons. The van der Waals surface area contributed by atoms with Crippen LogP contribution in [0.1, 0.15) is 38.6 Å². The molecule has 0 spiro atoms. The molecule has 0 aliphatic rings. The van der Waals surface area contributed by atoms with Gasteiger partial charge in [0.05, 0.1) is 0 Å². The third-order valence-corrected chi connectivity index (χ3v) is 4.18. The number of amides is 1. The Morgan fingerprint density at radius 2 is 1.80 bits per heavy atom. The van der Waals surface area contributed by atoms with E-state index in [1.54, 1.807) is 7.05 Å². The van der Waals surface area contributed by atoms with Gasteiger partial charge in [0.25, 0.3) is 0 Å². The van der Waals surface area contributed by atoms with Gasteiger partial charge >= 0.3 is 6.09 Å². The molecule has 0 aliphatic heterocycles. The second-order valence-electron chi connectivity index (χ2n) is 7.91. The summed E-state index contributed by atoms with van der Waals surface area (Å²) in [5, 5.41) is 9.29. The summed E-state index contributed by atoms with van der Waals surface area (Å²) >= 11 is 0. The maximum atomic E-state index is 11.6. The first-order valence-electron chi connectivity index (χ1n) is 10.3. The first-order valence-corrected chi connectivity index (χ1v) is 10.3. The van der Waals surface area contributed by atoms with Crippen molar-refractivity contribution in [1.29, 1.82) is 0 Å². The number of carbonyl (C=O) groups excluding carboxylic acids is 1. The van der Waals surface area contributed by atoms with Crippen LogP contribution >= 0.6 is 0 Å². The Kier molecular flexibility index (Phi) is 9.18. The lowest BCUT2D eigenvalue weighted by Crippen LogP contribution is -2.40. The minimum Gasteiger partial charge on any atom is -0.444 e. The van der Waals surface area contributed by atoms with Crippen LogP contribution in [0.15, 0.2) is 47.7 Å². The Morgan fingerprint density at radius 3 is 2.50 bits per heavy atom. The maximum absolute atomic E-state index is 11.6. The van der Waals surface area contributed by atoms with Crippen molar-refractivity contribution in [3.8, 4) is 0 Å². The standard InChI is InChI=1S/C22H34N6O2/c1-22(2,3)30-21(29)27-13-8-12-25-20(23-4)26-14-11-19-24-15-16-28(19)17-18-9-6-5-7-10-18/h5-7,9-10,15-16H,8,11-14,17H2,1-4H3,(H,27,29)(H2,23,25,26). The maximum Gasteiger partial charge on any atom is 0.407 e.